The topological polar surface area (TPSA) is 90.3 Å². The number of ether oxygens (including phenoxy) is 1. The second-order valence-corrected chi connectivity index (χ2v) is 10.9. The van der Waals surface area contributed by atoms with Crippen LogP contribution in [0.1, 0.15) is 39.2 Å². The molecule has 2 N–H and O–H groups in total. The molecule has 0 bridgehead atoms. The molecule has 1 saturated carbocycles. The Morgan fingerprint density at radius 1 is 1.29 bits per heavy atom. The van der Waals surface area contributed by atoms with Gasteiger partial charge in [0, 0.05) is 37.2 Å². The van der Waals surface area contributed by atoms with Crippen LogP contribution in [0.2, 0.25) is 0 Å². The molecule has 0 unspecified atom stereocenters. The molecular weight excluding hydrogens is 416 g/mol. The standard InChI is InChI=1S/C23H34N2O5S/c1-16-12-25(17(2)15-26)31(28,29)23-10-9-19(6-5-18(3)27)11-21(23)30-22(16)14-24(4)13-20-7-8-20/h9-11,16-18,20,22,26-27H,7-8,12-15H2,1-4H3/t16-,17-,18+,22-/m1/s1. The normalized spacial score (nSPS) is 25.4. The van der Waals surface area contributed by atoms with E-state index in [4.69, 9.17) is 4.74 Å². The first-order valence-electron chi connectivity index (χ1n) is 10.9. The van der Waals surface area contributed by atoms with Gasteiger partial charge in [-0.3, -0.25) is 0 Å². The van der Waals surface area contributed by atoms with Crippen molar-refractivity contribution in [2.75, 3.05) is 33.3 Å². The summed E-state index contributed by atoms with van der Waals surface area (Å²) in [5.41, 5.74) is 0.579. The van der Waals surface area contributed by atoms with Gasteiger partial charge in [-0.25, -0.2) is 8.42 Å². The highest BCUT2D eigenvalue weighted by Gasteiger charge is 2.38. The SMILES string of the molecule is C[C@H](O)C#Cc1ccc2c(c1)O[C@H](CN(C)CC1CC1)[C@H](C)CN([C@H](C)CO)S2(=O)=O. The van der Waals surface area contributed by atoms with Crippen LogP contribution in [-0.4, -0.2) is 79.4 Å². The number of hydrogen-bond acceptors (Lipinski definition) is 6. The van der Waals surface area contributed by atoms with Crippen LogP contribution >= 0.6 is 0 Å². The molecule has 0 amide bonds. The van der Waals surface area contributed by atoms with Crippen molar-refractivity contribution < 1.29 is 23.4 Å². The number of hydrogen-bond donors (Lipinski definition) is 2. The van der Waals surface area contributed by atoms with Crippen LogP contribution in [0.4, 0.5) is 0 Å². The van der Waals surface area contributed by atoms with Crippen molar-refractivity contribution in [1.82, 2.24) is 9.21 Å². The van der Waals surface area contributed by atoms with Crippen molar-refractivity contribution >= 4 is 10.0 Å². The quantitative estimate of drug-likeness (QED) is 0.639. The molecule has 0 radical (unpaired) electrons. The van der Waals surface area contributed by atoms with Crippen molar-refractivity contribution in [3.05, 3.63) is 23.8 Å². The number of aliphatic hydroxyl groups is 2. The summed E-state index contributed by atoms with van der Waals surface area (Å²) >= 11 is 0. The highest BCUT2D eigenvalue weighted by atomic mass is 32.2. The van der Waals surface area contributed by atoms with Crippen molar-refractivity contribution in [2.24, 2.45) is 11.8 Å². The van der Waals surface area contributed by atoms with Gasteiger partial charge >= 0.3 is 0 Å². The van der Waals surface area contributed by atoms with Gasteiger partial charge in [0.2, 0.25) is 10.0 Å². The van der Waals surface area contributed by atoms with Crippen LogP contribution in [0, 0.1) is 23.7 Å². The molecule has 4 atom stereocenters. The van der Waals surface area contributed by atoms with Crippen molar-refractivity contribution in [3.63, 3.8) is 0 Å². The third-order valence-corrected chi connectivity index (χ3v) is 7.87. The number of rotatable bonds is 6. The van der Waals surface area contributed by atoms with Gasteiger partial charge in [-0.2, -0.15) is 4.31 Å². The van der Waals surface area contributed by atoms with E-state index in [1.54, 1.807) is 26.0 Å². The number of likely N-dealkylation sites (N-methyl/N-ethyl adjacent to an activating group) is 1. The van der Waals surface area contributed by atoms with E-state index in [1.165, 1.54) is 23.2 Å². The molecule has 0 aromatic heterocycles. The Balaban J connectivity index is 2.00. The first-order valence-corrected chi connectivity index (χ1v) is 12.4. The summed E-state index contributed by atoms with van der Waals surface area (Å²) in [5, 5.41) is 19.2. The monoisotopic (exact) mass is 450 g/mol. The fourth-order valence-electron chi connectivity index (χ4n) is 3.83. The zero-order chi connectivity index (χ0) is 22.8. The summed E-state index contributed by atoms with van der Waals surface area (Å²) in [6, 6.07) is 4.22. The fraction of sp³-hybridized carbons (Fsp3) is 0.652. The zero-order valence-electron chi connectivity index (χ0n) is 18.8. The molecule has 7 nitrogen and oxygen atoms in total. The van der Waals surface area contributed by atoms with E-state index < -0.39 is 22.2 Å². The van der Waals surface area contributed by atoms with Crippen LogP contribution in [0.3, 0.4) is 0 Å². The maximum atomic E-state index is 13.4. The van der Waals surface area contributed by atoms with E-state index >= 15 is 0 Å². The first-order chi connectivity index (χ1) is 14.6. The number of benzene rings is 1. The van der Waals surface area contributed by atoms with Gasteiger partial charge < -0.3 is 19.8 Å². The van der Waals surface area contributed by atoms with Gasteiger partial charge in [0.1, 0.15) is 22.9 Å². The number of sulfonamides is 1. The second-order valence-electron chi connectivity index (χ2n) is 9.01. The molecule has 1 heterocycles. The minimum absolute atomic E-state index is 0.0780. The molecule has 1 aromatic rings. The van der Waals surface area contributed by atoms with Crippen molar-refractivity contribution in [3.8, 4) is 17.6 Å². The summed E-state index contributed by atoms with van der Waals surface area (Å²) < 4.78 is 34.6. The molecule has 31 heavy (non-hydrogen) atoms. The highest BCUT2D eigenvalue weighted by molar-refractivity contribution is 7.89. The third-order valence-electron chi connectivity index (χ3n) is 5.85. The maximum Gasteiger partial charge on any atom is 0.247 e. The van der Waals surface area contributed by atoms with Crippen LogP contribution in [0.5, 0.6) is 5.75 Å². The van der Waals surface area contributed by atoms with Crippen LogP contribution in [0.15, 0.2) is 23.1 Å². The summed E-state index contributed by atoms with van der Waals surface area (Å²) in [6.45, 7) is 6.98. The van der Waals surface area contributed by atoms with E-state index in [1.807, 2.05) is 6.92 Å². The third kappa shape index (κ3) is 5.99. The molecule has 1 fully saturated rings. The van der Waals surface area contributed by atoms with Gasteiger partial charge in [0.05, 0.1) is 6.61 Å². The van der Waals surface area contributed by atoms with Crippen LogP contribution < -0.4 is 4.74 Å². The molecule has 0 spiro atoms. The van der Waals surface area contributed by atoms with Gasteiger partial charge in [-0.1, -0.05) is 18.8 Å². The Hall–Kier alpha value is -1.63. The van der Waals surface area contributed by atoms with E-state index in [2.05, 4.69) is 23.8 Å². The van der Waals surface area contributed by atoms with Crippen molar-refractivity contribution in [1.29, 1.82) is 0 Å². The van der Waals surface area contributed by atoms with E-state index in [-0.39, 0.29) is 35.8 Å². The fourth-order valence-corrected chi connectivity index (χ4v) is 5.66. The Morgan fingerprint density at radius 2 is 2.00 bits per heavy atom. The lowest BCUT2D eigenvalue weighted by Crippen LogP contribution is -2.49. The Bertz CT molecular complexity index is 933. The Morgan fingerprint density at radius 3 is 2.61 bits per heavy atom. The smallest absolute Gasteiger partial charge is 0.247 e. The minimum atomic E-state index is -3.86. The summed E-state index contributed by atoms with van der Waals surface area (Å²) in [7, 11) is -1.79. The number of aliphatic hydroxyl groups excluding tert-OH is 2. The van der Waals surface area contributed by atoms with Crippen LogP contribution in [-0.2, 0) is 10.0 Å². The number of fused-ring (bicyclic) bond motifs is 1. The minimum Gasteiger partial charge on any atom is -0.487 e. The Kier molecular flexibility index (Phi) is 7.66. The molecule has 2 aliphatic rings. The van der Waals surface area contributed by atoms with E-state index in [9.17, 15) is 18.6 Å². The van der Waals surface area contributed by atoms with Gasteiger partial charge in [0.25, 0.3) is 0 Å². The molecule has 1 aliphatic carbocycles. The average Bonchev–Trinajstić information content (AvgIpc) is 3.52. The number of nitrogens with zero attached hydrogens (tertiary/aromatic N) is 2. The van der Waals surface area contributed by atoms with Gasteiger partial charge in [-0.15, -0.1) is 0 Å². The van der Waals surface area contributed by atoms with Gasteiger partial charge in [0.15, 0.2) is 0 Å². The Labute approximate surface area is 186 Å². The molecule has 3 rings (SSSR count). The van der Waals surface area contributed by atoms with Crippen molar-refractivity contribution in [2.45, 2.75) is 56.8 Å². The summed E-state index contributed by atoms with van der Waals surface area (Å²) in [6.07, 6.45) is 1.53. The maximum absolute atomic E-state index is 13.4. The lowest BCUT2D eigenvalue weighted by atomic mass is 10.0. The largest absolute Gasteiger partial charge is 0.487 e. The summed E-state index contributed by atoms with van der Waals surface area (Å²) in [5.74, 6) is 6.48. The van der Waals surface area contributed by atoms with Crippen LogP contribution in [0.25, 0.3) is 0 Å². The molecule has 1 aliphatic heterocycles. The first kappa shape index (κ1) is 24.0. The predicted octanol–water partition coefficient (Wildman–Crippen LogP) is 1.53. The highest BCUT2D eigenvalue weighted by Crippen LogP contribution is 2.35. The zero-order valence-corrected chi connectivity index (χ0v) is 19.6. The van der Waals surface area contributed by atoms with Gasteiger partial charge in [-0.05, 0) is 57.9 Å². The second kappa shape index (κ2) is 9.88. The van der Waals surface area contributed by atoms with E-state index in [0.29, 0.717) is 12.1 Å². The summed E-state index contributed by atoms with van der Waals surface area (Å²) in [4.78, 5) is 2.34. The lowest BCUT2D eigenvalue weighted by Gasteiger charge is -2.37. The molecule has 1 aromatic carbocycles. The predicted molar refractivity (Wildman–Crippen MR) is 119 cm³/mol. The molecule has 172 valence electrons. The molecule has 8 heteroatoms. The average molecular weight is 451 g/mol. The molecule has 0 saturated heterocycles. The molecular formula is C23H34N2O5S. The van der Waals surface area contributed by atoms with E-state index in [0.717, 1.165) is 12.5 Å². The lowest BCUT2D eigenvalue weighted by molar-refractivity contribution is 0.0740.